The van der Waals surface area contributed by atoms with Crippen LogP contribution in [0.4, 0.5) is 5.69 Å². The van der Waals surface area contributed by atoms with Gasteiger partial charge in [0.25, 0.3) is 0 Å². The molecule has 3 rings (SSSR count). The van der Waals surface area contributed by atoms with Gasteiger partial charge in [0, 0.05) is 20.1 Å². The van der Waals surface area contributed by atoms with E-state index >= 15 is 0 Å². The zero-order valence-electron chi connectivity index (χ0n) is 12.6. The van der Waals surface area contributed by atoms with E-state index in [4.69, 9.17) is 0 Å². The zero-order chi connectivity index (χ0) is 14.9. The molecule has 1 N–H and O–H groups in total. The molecule has 1 saturated carbocycles. The van der Waals surface area contributed by atoms with Gasteiger partial charge in [-0.2, -0.15) is 4.31 Å². The van der Waals surface area contributed by atoms with Crippen molar-refractivity contribution < 1.29 is 8.42 Å². The molecule has 1 aliphatic heterocycles. The van der Waals surface area contributed by atoms with Gasteiger partial charge in [0.15, 0.2) is 0 Å². The van der Waals surface area contributed by atoms with Gasteiger partial charge in [0.1, 0.15) is 4.90 Å². The molecule has 2 fully saturated rings. The molecular weight excluding hydrogens is 284 g/mol. The van der Waals surface area contributed by atoms with Crippen LogP contribution in [-0.4, -0.2) is 32.9 Å². The topological polar surface area (TPSA) is 49.4 Å². The van der Waals surface area contributed by atoms with Crippen molar-refractivity contribution in [2.75, 3.05) is 25.5 Å². The van der Waals surface area contributed by atoms with Crippen LogP contribution in [0.2, 0.25) is 0 Å². The lowest BCUT2D eigenvalue weighted by Crippen LogP contribution is -2.42. The van der Waals surface area contributed by atoms with E-state index in [0.29, 0.717) is 29.1 Å². The summed E-state index contributed by atoms with van der Waals surface area (Å²) in [4.78, 5) is 0.398. The van der Waals surface area contributed by atoms with Crippen molar-refractivity contribution >= 4 is 15.7 Å². The maximum atomic E-state index is 12.9. The van der Waals surface area contributed by atoms with Crippen molar-refractivity contribution in [3.05, 3.63) is 24.3 Å². The fourth-order valence-electron chi connectivity index (χ4n) is 3.86. The summed E-state index contributed by atoms with van der Waals surface area (Å²) < 4.78 is 27.4. The first kappa shape index (κ1) is 14.9. The predicted molar refractivity (Wildman–Crippen MR) is 84.9 cm³/mol. The van der Waals surface area contributed by atoms with Gasteiger partial charge in [0.2, 0.25) is 10.0 Å². The number of nitrogens with zero attached hydrogens (tertiary/aromatic N) is 1. The van der Waals surface area contributed by atoms with Gasteiger partial charge in [0.05, 0.1) is 5.69 Å². The Kier molecular flexibility index (Phi) is 3.97. The molecular formula is C16H24N2O2S. The lowest BCUT2D eigenvalue weighted by molar-refractivity contribution is 0.160. The van der Waals surface area contributed by atoms with Crippen molar-refractivity contribution in [1.82, 2.24) is 4.31 Å². The van der Waals surface area contributed by atoms with Gasteiger partial charge in [-0.3, -0.25) is 0 Å². The number of piperidine rings is 1. The fraction of sp³-hybridized carbons (Fsp3) is 0.625. The summed E-state index contributed by atoms with van der Waals surface area (Å²) in [7, 11) is -1.62. The normalized spacial score (nSPS) is 22.5. The minimum absolute atomic E-state index is 0.398. The minimum atomic E-state index is -3.38. The van der Waals surface area contributed by atoms with Crippen LogP contribution in [0.25, 0.3) is 0 Å². The van der Waals surface area contributed by atoms with Crippen LogP contribution >= 0.6 is 0 Å². The second kappa shape index (κ2) is 5.61. The number of benzene rings is 1. The van der Waals surface area contributed by atoms with E-state index in [1.165, 1.54) is 25.7 Å². The number of rotatable bonds is 3. The van der Waals surface area contributed by atoms with E-state index in [0.717, 1.165) is 12.8 Å². The Morgan fingerprint density at radius 1 is 1.05 bits per heavy atom. The maximum Gasteiger partial charge on any atom is 0.245 e. The van der Waals surface area contributed by atoms with Crippen molar-refractivity contribution in [3.8, 4) is 0 Å². The third-order valence-electron chi connectivity index (χ3n) is 5.22. The third kappa shape index (κ3) is 2.69. The number of nitrogens with one attached hydrogen (secondary N) is 1. The average Bonchev–Trinajstić information content (AvgIpc) is 2.96. The number of hydrogen-bond donors (Lipinski definition) is 1. The summed E-state index contributed by atoms with van der Waals surface area (Å²) in [6.07, 6.45) is 7.24. The highest BCUT2D eigenvalue weighted by Gasteiger charge is 2.40. The maximum absolute atomic E-state index is 12.9. The summed E-state index contributed by atoms with van der Waals surface area (Å²) in [5, 5.41) is 2.98. The summed E-state index contributed by atoms with van der Waals surface area (Å²) in [5.41, 5.74) is 1.12. The molecule has 0 unspecified atom stereocenters. The molecule has 116 valence electrons. The Bertz CT molecular complexity index is 596. The van der Waals surface area contributed by atoms with Gasteiger partial charge < -0.3 is 5.32 Å². The lowest BCUT2D eigenvalue weighted by atomic mass is 9.78. The second-order valence-corrected chi connectivity index (χ2v) is 8.26. The molecule has 4 nitrogen and oxygen atoms in total. The largest absolute Gasteiger partial charge is 0.387 e. The molecule has 1 spiro atoms. The molecule has 0 amide bonds. The van der Waals surface area contributed by atoms with Crippen molar-refractivity contribution in [1.29, 1.82) is 0 Å². The summed E-state index contributed by atoms with van der Waals surface area (Å²) in [6.45, 7) is 1.33. The molecule has 0 aromatic heterocycles. The highest BCUT2D eigenvalue weighted by Crippen LogP contribution is 2.46. The van der Waals surface area contributed by atoms with Gasteiger partial charge >= 0.3 is 0 Å². The van der Waals surface area contributed by atoms with Crippen LogP contribution in [0.3, 0.4) is 0 Å². The monoisotopic (exact) mass is 308 g/mol. The molecule has 0 bridgehead atoms. The smallest absolute Gasteiger partial charge is 0.245 e. The standard InChI is InChI=1S/C16H24N2O2S/c1-17-14-6-2-3-7-15(14)21(19,20)18-12-10-16(11-13-18)8-4-5-9-16/h2-3,6-7,17H,4-5,8-13H2,1H3. The Morgan fingerprint density at radius 3 is 2.29 bits per heavy atom. The molecule has 1 aliphatic carbocycles. The first-order valence-corrected chi connectivity index (χ1v) is 9.28. The molecule has 1 heterocycles. The molecule has 0 radical (unpaired) electrons. The molecule has 21 heavy (non-hydrogen) atoms. The van der Waals surface area contributed by atoms with Gasteiger partial charge in [-0.1, -0.05) is 25.0 Å². The quantitative estimate of drug-likeness (QED) is 0.933. The number of anilines is 1. The zero-order valence-corrected chi connectivity index (χ0v) is 13.5. The number of hydrogen-bond acceptors (Lipinski definition) is 3. The van der Waals surface area contributed by atoms with Crippen molar-refractivity contribution in [2.24, 2.45) is 5.41 Å². The van der Waals surface area contributed by atoms with E-state index in [-0.39, 0.29) is 0 Å². The van der Waals surface area contributed by atoms with Crippen molar-refractivity contribution in [2.45, 2.75) is 43.4 Å². The van der Waals surface area contributed by atoms with E-state index in [1.807, 2.05) is 12.1 Å². The SMILES string of the molecule is CNc1ccccc1S(=O)(=O)N1CCC2(CCCC2)CC1. The van der Waals surface area contributed by atoms with Crippen LogP contribution in [0, 0.1) is 5.41 Å². The Hall–Kier alpha value is -1.07. The first-order chi connectivity index (χ1) is 10.1. The average molecular weight is 308 g/mol. The van der Waals surface area contributed by atoms with E-state index in [1.54, 1.807) is 23.5 Å². The predicted octanol–water partition coefficient (Wildman–Crippen LogP) is 3.07. The lowest BCUT2D eigenvalue weighted by Gasteiger charge is -2.38. The van der Waals surface area contributed by atoms with Gasteiger partial charge in [-0.25, -0.2) is 8.42 Å². The van der Waals surface area contributed by atoms with E-state index < -0.39 is 10.0 Å². The minimum Gasteiger partial charge on any atom is -0.387 e. The molecule has 2 aliphatic rings. The Balaban J connectivity index is 1.80. The highest BCUT2D eigenvalue weighted by atomic mass is 32.2. The van der Waals surface area contributed by atoms with Crippen molar-refractivity contribution in [3.63, 3.8) is 0 Å². The molecule has 0 atom stereocenters. The summed E-state index contributed by atoms with van der Waals surface area (Å²) in [6, 6.07) is 7.15. The van der Waals surface area contributed by atoms with E-state index in [2.05, 4.69) is 5.32 Å². The second-order valence-electron chi connectivity index (χ2n) is 6.36. The summed E-state index contributed by atoms with van der Waals surface area (Å²) >= 11 is 0. The highest BCUT2D eigenvalue weighted by molar-refractivity contribution is 7.89. The number of sulfonamides is 1. The van der Waals surface area contributed by atoms with Gasteiger partial charge in [-0.15, -0.1) is 0 Å². The Morgan fingerprint density at radius 2 is 1.67 bits per heavy atom. The number of para-hydroxylation sites is 1. The van der Waals surface area contributed by atoms with Crippen LogP contribution in [0.5, 0.6) is 0 Å². The van der Waals surface area contributed by atoms with Crippen LogP contribution < -0.4 is 5.32 Å². The third-order valence-corrected chi connectivity index (χ3v) is 7.18. The fourth-order valence-corrected chi connectivity index (χ4v) is 5.50. The molecule has 1 saturated heterocycles. The summed E-state index contributed by atoms with van der Waals surface area (Å²) in [5.74, 6) is 0. The molecule has 1 aromatic carbocycles. The first-order valence-electron chi connectivity index (χ1n) is 7.84. The van der Waals surface area contributed by atoms with Crippen LogP contribution in [0.1, 0.15) is 38.5 Å². The van der Waals surface area contributed by atoms with Gasteiger partial charge in [-0.05, 0) is 43.2 Å². The Labute approximate surface area is 127 Å². The van der Waals surface area contributed by atoms with Crippen LogP contribution in [0.15, 0.2) is 29.2 Å². The van der Waals surface area contributed by atoms with Crippen LogP contribution in [-0.2, 0) is 10.0 Å². The molecule has 5 heteroatoms. The van der Waals surface area contributed by atoms with E-state index in [9.17, 15) is 8.42 Å². The molecule has 1 aromatic rings.